The van der Waals surface area contributed by atoms with E-state index in [-0.39, 0.29) is 24.0 Å². The summed E-state index contributed by atoms with van der Waals surface area (Å²) in [5.74, 6) is 0.781. The third-order valence-electron chi connectivity index (χ3n) is 5.13. The largest absolute Gasteiger partial charge is 0.491 e. The lowest BCUT2D eigenvalue weighted by atomic mass is 9.82. The number of amides is 2. The highest BCUT2D eigenvalue weighted by Gasteiger charge is 2.27. The first kappa shape index (κ1) is 21.2. The van der Waals surface area contributed by atoms with Crippen LogP contribution < -0.4 is 21.1 Å². The van der Waals surface area contributed by atoms with E-state index >= 15 is 0 Å². The monoisotopic (exact) mass is 375 g/mol. The van der Waals surface area contributed by atoms with Gasteiger partial charge in [0, 0.05) is 18.7 Å². The van der Waals surface area contributed by atoms with Crippen LogP contribution in [0.2, 0.25) is 0 Å². The van der Waals surface area contributed by atoms with Gasteiger partial charge in [-0.3, -0.25) is 9.59 Å². The molecule has 6 nitrogen and oxygen atoms in total. The van der Waals surface area contributed by atoms with Crippen molar-refractivity contribution in [2.45, 2.75) is 71.1 Å². The fourth-order valence-corrected chi connectivity index (χ4v) is 3.58. The van der Waals surface area contributed by atoms with Gasteiger partial charge in [0.05, 0.1) is 6.10 Å². The van der Waals surface area contributed by atoms with Gasteiger partial charge in [-0.25, -0.2) is 0 Å². The number of likely N-dealkylation sites (N-methyl/N-ethyl adjacent to an activating group) is 1. The van der Waals surface area contributed by atoms with E-state index in [1.165, 1.54) is 0 Å². The van der Waals surface area contributed by atoms with Gasteiger partial charge in [-0.1, -0.05) is 0 Å². The molecule has 1 atom stereocenters. The van der Waals surface area contributed by atoms with E-state index < -0.39 is 6.04 Å². The number of benzene rings is 1. The average Bonchev–Trinajstić information content (AvgIpc) is 2.63. The SMILES string of the molecule is CNC(=O)C(CC1CCC(N)CC1)NC(=O)c1ccc(OC(C)C)c(C)c1. The van der Waals surface area contributed by atoms with E-state index in [4.69, 9.17) is 10.5 Å². The maximum Gasteiger partial charge on any atom is 0.251 e. The number of hydrogen-bond acceptors (Lipinski definition) is 4. The van der Waals surface area contributed by atoms with E-state index in [0.717, 1.165) is 37.0 Å². The molecule has 0 aromatic heterocycles. The number of carbonyl (C=O) groups excluding carboxylic acids is 2. The molecule has 4 N–H and O–H groups in total. The molecule has 1 saturated carbocycles. The Morgan fingerprint density at radius 1 is 1.22 bits per heavy atom. The Bertz CT molecular complexity index is 652. The van der Waals surface area contributed by atoms with Gasteiger partial charge in [-0.2, -0.15) is 0 Å². The minimum Gasteiger partial charge on any atom is -0.491 e. The van der Waals surface area contributed by atoms with Gasteiger partial charge in [0.25, 0.3) is 5.91 Å². The molecule has 6 heteroatoms. The van der Waals surface area contributed by atoms with Crippen molar-refractivity contribution in [2.75, 3.05) is 7.05 Å². The first-order valence-corrected chi connectivity index (χ1v) is 9.85. The lowest BCUT2D eigenvalue weighted by Crippen LogP contribution is -2.47. The molecule has 0 saturated heterocycles. The zero-order chi connectivity index (χ0) is 20.0. The summed E-state index contributed by atoms with van der Waals surface area (Å²) >= 11 is 0. The minimum atomic E-state index is -0.534. The second kappa shape index (κ2) is 9.74. The number of nitrogens with one attached hydrogen (secondary N) is 2. The smallest absolute Gasteiger partial charge is 0.251 e. The van der Waals surface area contributed by atoms with Gasteiger partial charge >= 0.3 is 0 Å². The summed E-state index contributed by atoms with van der Waals surface area (Å²) in [4.78, 5) is 25.0. The highest BCUT2D eigenvalue weighted by Crippen LogP contribution is 2.27. The molecule has 1 unspecified atom stereocenters. The number of aryl methyl sites for hydroxylation is 1. The van der Waals surface area contributed by atoms with Crippen LogP contribution in [0, 0.1) is 12.8 Å². The standard InChI is InChI=1S/C21H33N3O3/c1-13(2)27-19-10-7-16(11-14(19)3)20(25)24-18(21(26)23-4)12-15-5-8-17(22)9-6-15/h7,10-11,13,15,17-18H,5-6,8-9,12,22H2,1-4H3,(H,23,26)(H,24,25). The summed E-state index contributed by atoms with van der Waals surface area (Å²) in [6.45, 7) is 5.84. The van der Waals surface area contributed by atoms with Gasteiger partial charge < -0.3 is 21.1 Å². The Morgan fingerprint density at radius 2 is 1.89 bits per heavy atom. The molecule has 1 aromatic rings. The van der Waals surface area contributed by atoms with Crippen LogP contribution in [0.25, 0.3) is 0 Å². The Labute approximate surface area is 162 Å². The maximum atomic E-state index is 12.7. The van der Waals surface area contributed by atoms with Crippen molar-refractivity contribution in [1.29, 1.82) is 0 Å². The third-order valence-corrected chi connectivity index (χ3v) is 5.13. The molecular formula is C21H33N3O3. The number of carbonyl (C=O) groups is 2. The predicted molar refractivity (Wildman–Crippen MR) is 107 cm³/mol. The van der Waals surface area contributed by atoms with Crippen LogP contribution in [0.4, 0.5) is 0 Å². The van der Waals surface area contributed by atoms with Crippen LogP contribution in [-0.4, -0.2) is 37.0 Å². The van der Waals surface area contributed by atoms with Crippen LogP contribution in [-0.2, 0) is 4.79 Å². The van der Waals surface area contributed by atoms with Crippen molar-refractivity contribution in [3.63, 3.8) is 0 Å². The van der Waals surface area contributed by atoms with Gasteiger partial charge in [0.2, 0.25) is 5.91 Å². The molecule has 0 aliphatic heterocycles. The fraction of sp³-hybridized carbons (Fsp3) is 0.619. The zero-order valence-corrected chi connectivity index (χ0v) is 16.9. The van der Waals surface area contributed by atoms with Gasteiger partial charge in [0.1, 0.15) is 11.8 Å². The molecule has 1 aliphatic carbocycles. The molecule has 0 bridgehead atoms. The molecule has 0 radical (unpaired) electrons. The van der Waals surface area contributed by atoms with Gasteiger partial charge in [0.15, 0.2) is 0 Å². The second-order valence-corrected chi connectivity index (χ2v) is 7.80. The van der Waals surface area contributed by atoms with E-state index in [9.17, 15) is 9.59 Å². The van der Waals surface area contributed by atoms with Crippen molar-refractivity contribution in [3.05, 3.63) is 29.3 Å². The summed E-state index contributed by atoms with van der Waals surface area (Å²) in [7, 11) is 1.60. The van der Waals surface area contributed by atoms with Crippen LogP contribution in [0.15, 0.2) is 18.2 Å². The normalized spacial score (nSPS) is 20.8. The molecule has 27 heavy (non-hydrogen) atoms. The molecule has 1 aromatic carbocycles. The maximum absolute atomic E-state index is 12.7. The van der Waals surface area contributed by atoms with Crippen molar-refractivity contribution in [2.24, 2.45) is 11.7 Å². The first-order chi connectivity index (χ1) is 12.8. The lowest BCUT2D eigenvalue weighted by molar-refractivity contribution is -0.123. The number of ether oxygens (including phenoxy) is 1. The second-order valence-electron chi connectivity index (χ2n) is 7.80. The van der Waals surface area contributed by atoms with Crippen LogP contribution in [0.5, 0.6) is 5.75 Å². The van der Waals surface area contributed by atoms with Gasteiger partial charge in [-0.05, 0) is 82.6 Å². The van der Waals surface area contributed by atoms with Crippen molar-refractivity contribution in [1.82, 2.24) is 10.6 Å². The predicted octanol–water partition coefficient (Wildman–Crippen LogP) is 2.53. The summed E-state index contributed by atoms with van der Waals surface area (Å²) in [5.41, 5.74) is 7.40. The fourth-order valence-electron chi connectivity index (χ4n) is 3.58. The van der Waals surface area contributed by atoms with Gasteiger partial charge in [-0.15, -0.1) is 0 Å². The van der Waals surface area contributed by atoms with Crippen molar-refractivity contribution < 1.29 is 14.3 Å². The van der Waals surface area contributed by atoms with Crippen molar-refractivity contribution in [3.8, 4) is 5.75 Å². The molecule has 2 rings (SSSR count). The number of nitrogens with two attached hydrogens (primary N) is 1. The van der Waals surface area contributed by atoms with E-state index in [1.807, 2.05) is 26.8 Å². The van der Waals surface area contributed by atoms with E-state index in [2.05, 4.69) is 10.6 Å². The molecule has 2 amide bonds. The summed E-state index contributed by atoms with van der Waals surface area (Å²) < 4.78 is 5.72. The molecule has 1 fully saturated rings. The summed E-state index contributed by atoms with van der Waals surface area (Å²) in [6, 6.07) is 5.08. The zero-order valence-electron chi connectivity index (χ0n) is 16.9. The van der Waals surface area contributed by atoms with Crippen LogP contribution in [0.1, 0.15) is 61.9 Å². The molecule has 150 valence electrons. The third kappa shape index (κ3) is 6.24. The molecule has 1 aliphatic rings. The highest BCUT2D eigenvalue weighted by atomic mass is 16.5. The molecule has 0 heterocycles. The Kier molecular flexibility index (Phi) is 7.66. The molecule has 0 spiro atoms. The quantitative estimate of drug-likeness (QED) is 0.683. The topological polar surface area (TPSA) is 93.5 Å². The van der Waals surface area contributed by atoms with E-state index in [1.54, 1.807) is 19.2 Å². The average molecular weight is 376 g/mol. The summed E-state index contributed by atoms with van der Waals surface area (Å²) in [6.07, 6.45) is 4.69. The summed E-state index contributed by atoms with van der Waals surface area (Å²) in [5, 5.41) is 5.57. The lowest BCUT2D eigenvalue weighted by Gasteiger charge is -2.29. The molecular weight excluding hydrogens is 342 g/mol. The van der Waals surface area contributed by atoms with Crippen LogP contribution in [0.3, 0.4) is 0 Å². The first-order valence-electron chi connectivity index (χ1n) is 9.85. The number of rotatable bonds is 7. The minimum absolute atomic E-state index is 0.0737. The Hall–Kier alpha value is -2.08. The number of hydrogen-bond donors (Lipinski definition) is 3. The van der Waals surface area contributed by atoms with Crippen LogP contribution >= 0.6 is 0 Å². The van der Waals surface area contributed by atoms with E-state index in [0.29, 0.717) is 17.9 Å². The highest BCUT2D eigenvalue weighted by molar-refractivity contribution is 5.97. The van der Waals surface area contributed by atoms with Crippen molar-refractivity contribution >= 4 is 11.8 Å². The Morgan fingerprint density at radius 3 is 2.44 bits per heavy atom. The Balaban J connectivity index is 2.04.